The SMILES string of the molecule is O=C(NCc1ccccc1F)c1cc(C2CC2)[nH]n1. The topological polar surface area (TPSA) is 57.8 Å². The third-order valence-corrected chi connectivity index (χ3v) is 3.24. The highest BCUT2D eigenvalue weighted by molar-refractivity contribution is 5.92. The number of halogens is 1. The van der Waals surface area contributed by atoms with Crippen molar-refractivity contribution in [1.82, 2.24) is 15.5 Å². The van der Waals surface area contributed by atoms with E-state index in [1.165, 1.54) is 6.07 Å². The third-order valence-electron chi connectivity index (χ3n) is 3.24. The molecule has 1 fully saturated rings. The number of aromatic amines is 1. The maximum atomic E-state index is 13.4. The van der Waals surface area contributed by atoms with E-state index in [0.29, 0.717) is 17.2 Å². The largest absolute Gasteiger partial charge is 0.346 e. The number of hydrogen-bond donors (Lipinski definition) is 2. The summed E-state index contributed by atoms with van der Waals surface area (Å²) in [5, 5.41) is 9.52. The van der Waals surface area contributed by atoms with E-state index in [-0.39, 0.29) is 18.3 Å². The predicted molar refractivity (Wildman–Crippen MR) is 68.1 cm³/mol. The molecule has 1 heterocycles. The second-order valence-corrected chi connectivity index (χ2v) is 4.76. The second kappa shape index (κ2) is 4.84. The van der Waals surface area contributed by atoms with Gasteiger partial charge >= 0.3 is 0 Å². The average molecular weight is 259 g/mol. The number of H-pyrrole nitrogens is 1. The lowest BCUT2D eigenvalue weighted by atomic mass is 10.2. The molecule has 1 aromatic heterocycles. The maximum Gasteiger partial charge on any atom is 0.272 e. The minimum atomic E-state index is -0.316. The number of carbonyl (C=O) groups is 1. The van der Waals surface area contributed by atoms with Crippen molar-refractivity contribution in [1.29, 1.82) is 0 Å². The van der Waals surface area contributed by atoms with Crippen LogP contribution in [0.3, 0.4) is 0 Å². The Labute approximate surface area is 110 Å². The van der Waals surface area contributed by atoms with Crippen LogP contribution in [0.5, 0.6) is 0 Å². The van der Waals surface area contributed by atoms with Crippen molar-refractivity contribution in [2.24, 2.45) is 0 Å². The van der Waals surface area contributed by atoms with Crippen LogP contribution in [0.4, 0.5) is 4.39 Å². The number of nitrogens with one attached hydrogen (secondary N) is 2. The molecule has 0 bridgehead atoms. The van der Waals surface area contributed by atoms with Gasteiger partial charge in [-0.3, -0.25) is 9.89 Å². The van der Waals surface area contributed by atoms with Crippen molar-refractivity contribution in [3.05, 3.63) is 53.1 Å². The molecule has 2 N–H and O–H groups in total. The van der Waals surface area contributed by atoms with Gasteiger partial charge in [-0.25, -0.2) is 4.39 Å². The molecule has 4 nitrogen and oxygen atoms in total. The monoisotopic (exact) mass is 259 g/mol. The molecule has 0 saturated heterocycles. The van der Waals surface area contributed by atoms with E-state index < -0.39 is 0 Å². The highest BCUT2D eigenvalue weighted by Crippen LogP contribution is 2.38. The summed E-state index contributed by atoms with van der Waals surface area (Å²) in [5.74, 6) is -0.0736. The van der Waals surface area contributed by atoms with Crippen molar-refractivity contribution in [2.45, 2.75) is 25.3 Å². The molecule has 0 radical (unpaired) electrons. The van der Waals surface area contributed by atoms with Crippen molar-refractivity contribution in [2.75, 3.05) is 0 Å². The zero-order chi connectivity index (χ0) is 13.2. The quantitative estimate of drug-likeness (QED) is 0.885. The molecule has 1 amide bonds. The van der Waals surface area contributed by atoms with Gasteiger partial charge in [0, 0.05) is 23.7 Å². The van der Waals surface area contributed by atoms with Crippen molar-refractivity contribution in [3.63, 3.8) is 0 Å². The number of nitrogens with zero attached hydrogens (tertiary/aromatic N) is 1. The highest BCUT2D eigenvalue weighted by atomic mass is 19.1. The van der Waals surface area contributed by atoms with Crippen molar-refractivity contribution < 1.29 is 9.18 Å². The maximum absolute atomic E-state index is 13.4. The van der Waals surface area contributed by atoms with Crippen molar-refractivity contribution in [3.8, 4) is 0 Å². The van der Waals surface area contributed by atoms with Crippen LogP contribution >= 0.6 is 0 Å². The smallest absolute Gasteiger partial charge is 0.272 e. The van der Waals surface area contributed by atoms with Crippen LogP contribution in [-0.2, 0) is 6.54 Å². The Morgan fingerprint density at radius 2 is 2.21 bits per heavy atom. The molecule has 19 heavy (non-hydrogen) atoms. The average Bonchev–Trinajstić information content (AvgIpc) is 3.15. The highest BCUT2D eigenvalue weighted by Gasteiger charge is 2.26. The van der Waals surface area contributed by atoms with Gasteiger partial charge in [0.05, 0.1) is 0 Å². The molecule has 3 rings (SSSR count). The minimum absolute atomic E-state index is 0.164. The summed E-state index contributed by atoms with van der Waals surface area (Å²) in [7, 11) is 0. The van der Waals surface area contributed by atoms with E-state index in [1.807, 2.05) is 0 Å². The first-order valence-electron chi connectivity index (χ1n) is 6.31. The second-order valence-electron chi connectivity index (χ2n) is 4.76. The summed E-state index contributed by atoms with van der Waals surface area (Å²) >= 11 is 0. The molecule has 5 heteroatoms. The lowest BCUT2D eigenvalue weighted by Crippen LogP contribution is -2.23. The van der Waals surface area contributed by atoms with E-state index in [1.54, 1.807) is 24.3 Å². The summed E-state index contributed by atoms with van der Waals surface area (Å²) in [6.45, 7) is 0.164. The first-order valence-corrected chi connectivity index (χ1v) is 6.31. The van der Waals surface area contributed by atoms with Crippen LogP contribution in [0, 0.1) is 5.82 Å². The Kier molecular flexibility index (Phi) is 3.03. The van der Waals surface area contributed by atoms with Crippen LogP contribution in [0.2, 0.25) is 0 Å². The summed E-state index contributed by atoms with van der Waals surface area (Å²) in [4.78, 5) is 11.9. The summed E-state index contributed by atoms with van der Waals surface area (Å²) < 4.78 is 13.4. The molecule has 1 saturated carbocycles. The molecule has 0 spiro atoms. The van der Waals surface area contributed by atoms with Gasteiger partial charge < -0.3 is 5.32 Å². The van der Waals surface area contributed by atoms with Crippen LogP contribution in [0.1, 0.15) is 40.5 Å². The summed E-state index contributed by atoms with van der Waals surface area (Å²) in [6, 6.07) is 8.16. The first kappa shape index (κ1) is 11.9. The van der Waals surface area contributed by atoms with Gasteiger partial charge in [-0.15, -0.1) is 0 Å². The molecular weight excluding hydrogens is 245 g/mol. The van der Waals surface area contributed by atoms with Crippen LogP contribution in [-0.4, -0.2) is 16.1 Å². The number of rotatable bonds is 4. The van der Waals surface area contributed by atoms with Gasteiger partial charge in [0.25, 0.3) is 5.91 Å². The fourth-order valence-electron chi connectivity index (χ4n) is 1.96. The van der Waals surface area contributed by atoms with Gasteiger partial charge in [-0.05, 0) is 25.0 Å². The van der Waals surface area contributed by atoms with E-state index >= 15 is 0 Å². The van der Waals surface area contributed by atoms with Crippen molar-refractivity contribution >= 4 is 5.91 Å². The summed E-state index contributed by atoms with van der Waals surface area (Å²) in [5.41, 5.74) is 1.84. The van der Waals surface area contributed by atoms with Crippen LogP contribution in [0.15, 0.2) is 30.3 Å². The Balaban J connectivity index is 1.63. The molecule has 2 aromatic rings. The van der Waals surface area contributed by atoms with Gasteiger partial charge in [0.1, 0.15) is 11.5 Å². The number of benzene rings is 1. The number of amides is 1. The molecule has 98 valence electrons. The predicted octanol–water partition coefficient (Wildman–Crippen LogP) is 2.36. The fraction of sp³-hybridized carbons (Fsp3) is 0.286. The lowest BCUT2D eigenvalue weighted by molar-refractivity contribution is 0.0945. The zero-order valence-corrected chi connectivity index (χ0v) is 10.3. The minimum Gasteiger partial charge on any atom is -0.346 e. The van der Waals surface area contributed by atoms with Gasteiger partial charge in [0.15, 0.2) is 0 Å². The number of aromatic nitrogens is 2. The molecular formula is C14H14FN3O. The van der Waals surface area contributed by atoms with Gasteiger partial charge in [-0.2, -0.15) is 5.10 Å². The Hall–Kier alpha value is -2.17. The zero-order valence-electron chi connectivity index (χ0n) is 10.3. The Morgan fingerprint density at radius 1 is 1.42 bits per heavy atom. The number of carbonyl (C=O) groups excluding carboxylic acids is 1. The van der Waals surface area contributed by atoms with E-state index in [2.05, 4.69) is 15.5 Å². The Morgan fingerprint density at radius 3 is 2.95 bits per heavy atom. The van der Waals surface area contributed by atoms with Crippen LogP contribution in [0.25, 0.3) is 0 Å². The first-order chi connectivity index (χ1) is 9.24. The Bertz CT molecular complexity index is 604. The van der Waals surface area contributed by atoms with E-state index in [9.17, 15) is 9.18 Å². The van der Waals surface area contributed by atoms with Crippen LogP contribution < -0.4 is 5.32 Å². The number of hydrogen-bond acceptors (Lipinski definition) is 2. The molecule has 0 unspecified atom stereocenters. The van der Waals surface area contributed by atoms with E-state index in [4.69, 9.17) is 0 Å². The molecule has 1 aliphatic rings. The fourth-order valence-corrected chi connectivity index (χ4v) is 1.96. The molecule has 1 aliphatic carbocycles. The molecule has 1 aromatic carbocycles. The van der Waals surface area contributed by atoms with Gasteiger partial charge in [0.2, 0.25) is 0 Å². The third kappa shape index (κ3) is 2.65. The normalized spacial score (nSPS) is 14.4. The lowest BCUT2D eigenvalue weighted by Gasteiger charge is -2.04. The standard InChI is InChI=1S/C14H14FN3O/c15-11-4-2-1-3-10(11)8-16-14(19)13-7-12(17-18-13)9-5-6-9/h1-4,7,9H,5-6,8H2,(H,16,19)(H,17,18). The summed E-state index contributed by atoms with van der Waals surface area (Å²) in [6.07, 6.45) is 2.30. The van der Waals surface area contributed by atoms with E-state index in [0.717, 1.165) is 18.5 Å². The van der Waals surface area contributed by atoms with Gasteiger partial charge in [-0.1, -0.05) is 18.2 Å². The molecule has 0 aliphatic heterocycles. The molecule has 0 atom stereocenters.